The summed E-state index contributed by atoms with van der Waals surface area (Å²) in [4.78, 5) is 17.4. The number of hydrogen-bond acceptors (Lipinski definition) is 5. The van der Waals surface area contributed by atoms with Gasteiger partial charge in [0.05, 0.1) is 6.61 Å². The highest BCUT2D eigenvalue weighted by molar-refractivity contribution is 5.82. The Hall–Kier alpha value is -0.650. The molecule has 0 radical (unpaired) electrons. The third kappa shape index (κ3) is 2.51. The summed E-state index contributed by atoms with van der Waals surface area (Å²) in [5, 5.41) is 3.37. The molecule has 2 heterocycles. The molecule has 5 heteroatoms. The van der Waals surface area contributed by atoms with Crippen molar-refractivity contribution in [1.29, 1.82) is 0 Å². The fourth-order valence-corrected chi connectivity index (χ4v) is 3.49. The van der Waals surface area contributed by atoms with Crippen LogP contribution >= 0.6 is 0 Å². The lowest BCUT2D eigenvalue weighted by atomic mass is 9.95. The van der Waals surface area contributed by atoms with E-state index in [1.54, 1.807) is 0 Å². The van der Waals surface area contributed by atoms with Gasteiger partial charge in [-0.05, 0) is 26.2 Å². The first kappa shape index (κ1) is 13.3. The first-order valence-corrected chi connectivity index (χ1v) is 7.63. The molecule has 1 unspecified atom stereocenters. The summed E-state index contributed by atoms with van der Waals surface area (Å²) >= 11 is 0. The zero-order valence-electron chi connectivity index (χ0n) is 11.9. The van der Waals surface area contributed by atoms with E-state index in [-0.39, 0.29) is 11.5 Å². The summed E-state index contributed by atoms with van der Waals surface area (Å²) in [6.07, 6.45) is 3.54. The average molecular weight is 267 g/mol. The van der Waals surface area contributed by atoms with Gasteiger partial charge in [-0.1, -0.05) is 0 Å². The largest absolute Gasteiger partial charge is 0.465 e. The minimum absolute atomic E-state index is 0.0000463. The third-order valence-corrected chi connectivity index (χ3v) is 4.72. The van der Waals surface area contributed by atoms with E-state index in [0.29, 0.717) is 6.61 Å². The lowest BCUT2D eigenvalue weighted by Gasteiger charge is -2.41. The van der Waals surface area contributed by atoms with E-state index in [1.807, 2.05) is 6.92 Å². The van der Waals surface area contributed by atoms with Crippen molar-refractivity contribution < 1.29 is 9.53 Å². The predicted molar refractivity (Wildman–Crippen MR) is 73.0 cm³/mol. The van der Waals surface area contributed by atoms with Gasteiger partial charge in [-0.25, -0.2) is 4.79 Å². The number of carbonyl (C=O) groups excluding carboxylic acids is 1. The molecule has 0 bridgehead atoms. The molecule has 1 N–H and O–H groups in total. The molecule has 3 fully saturated rings. The maximum Gasteiger partial charge on any atom is 0.327 e. The van der Waals surface area contributed by atoms with Crippen molar-refractivity contribution in [1.82, 2.24) is 15.1 Å². The zero-order chi connectivity index (χ0) is 13.3. The van der Waals surface area contributed by atoms with Crippen LogP contribution in [0.2, 0.25) is 0 Å². The molecule has 2 saturated heterocycles. The maximum atomic E-state index is 12.5. The Bertz CT molecular complexity index is 340. The van der Waals surface area contributed by atoms with Gasteiger partial charge in [0.25, 0.3) is 0 Å². The Balaban J connectivity index is 1.76. The molecule has 1 aliphatic carbocycles. The van der Waals surface area contributed by atoms with Crippen LogP contribution in [0.15, 0.2) is 0 Å². The van der Waals surface area contributed by atoms with Crippen LogP contribution in [-0.2, 0) is 9.53 Å². The first-order chi connectivity index (χ1) is 9.26. The summed E-state index contributed by atoms with van der Waals surface area (Å²) in [6, 6.07) is 0.735. The number of nitrogens with zero attached hydrogens (tertiary/aromatic N) is 2. The van der Waals surface area contributed by atoms with Crippen LogP contribution < -0.4 is 5.32 Å². The highest BCUT2D eigenvalue weighted by atomic mass is 16.5. The molecule has 2 aliphatic heterocycles. The molecule has 108 valence electrons. The Kier molecular flexibility index (Phi) is 3.78. The van der Waals surface area contributed by atoms with Crippen LogP contribution in [0.4, 0.5) is 0 Å². The van der Waals surface area contributed by atoms with Gasteiger partial charge in [-0.3, -0.25) is 9.80 Å². The van der Waals surface area contributed by atoms with Gasteiger partial charge in [0, 0.05) is 45.3 Å². The standard InChI is InChI=1S/C14H25N3O2/c1-2-19-13(18)14(17-9-6-15-7-10-17)5-8-16(11-14)12-3-4-12/h12,15H,2-11H2,1H3. The van der Waals surface area contributed by atoms with Gasteiger partial charge in [0.2, 0.25) is 0 Å². The highest BCUT2D eigenvalue weighted by Crippen LogP contribution is 2.37. The molecule has 0 amide bonds. The predicted octanol–water partition coefficient (Wildman–Crippen LogP) is 0.0616. The Morgan fingerprint density at radius 1 is 1.32 bits per heavy atom. The lowest BCUT2D eigenvalue weighted by Crippen LogP contribution is -2.62. The fraction of sp³-hybridized carbons (Fsp3) is 0.929. The Labute approximate surface area is 115 Å². The second kappa shape index (κ2) is 5.38. The minimum Gasteiger partial charge on any atom is -0.465 e. The number of carbonyl (C=O) groups is 1. The van der Waals surface area contributed by atoms with Crippen molar-refractivity contribution in [2.24, 2.45) is 0 Å². The van der Waals surface area contributed by atoms with E-state index < -0.39 is 0 Å². The molecule has 0 aromatic rings. The van der Waals surface area contributed by atoms with Crippen molar-refractivity contribution >= 4 is 5.97 Å². The number of ether oxygens (including phenoxy) is 1. The second-order valence-electron chi connectivity index (χ2n) is 5.94. The van der Waals surface area contributed by atoms with Crippen LogP contribution in [0.1, 0.15) is 26.2 Å². The van der Waals surface area contributed by atoms with E-state index in [4.69, 9.17) is 4.74 Å². The monoisotopic (exact) mass is 267 g/mol. The van der Waals surface area contributed by atoms with Crippen molar-refractivity contribution in [3.8, 4) is 0 Å². The van der Waals surface area contributed by atoms with E-state index in [2.05, 4.69) is 15.1 Å². The van der Waals surface area contributed by atoms with E-state index >= 15 is 0 Å². The first-order valence-electron chi connectivity index (χ1n) is 7.63. The van der Waals surface area contributed by atoms with Crippen molar-refractivity contribution in [2.75, 3.05) is 45.9 Å². The molecule has 3 rings (SSSR count). The third-order valence-electron chi connectivity index (χ3n) is 4.72. The number of nitrogens with one attached hydrogen (secondary N) is 1. The van der Waals surface area contributed by atoms with E-state index in [1.165, 1.54) is 12.8 Å². The van der Waals surface area contributed by atoms with E-state index in [9.17, 15) is 4.79 Å². The van der Waals surface area contributed by atoms with Crippen molar-refractivity contribution in [3.05, 3.63) is 0 Å². The van der Waals surface area contributed by atoms with Crippen molar-refractivity contribution in [3.63, 3.8) is 0 Å². The molecule has 0 aromatic carbocycles. The Morgan fingerprint density at radius 2 is 2.05 bits per heavy atom. The number of hydrogen-bond donors (Lipinski definition) is 1. The van der Waals surface area contributed by atoms with Crippen LogP contribution in [0.3, 0.4) is 0 Å². The maximum absolute atomic E-state index is 12.5. The molecule has 1 saturated carbocycles. The summed E-state index contributed by atoms with van der Waals surface area (Å²) in [5.41, 5.74) is -0.374. The van der Waals surface area contributed by atoms with Crippen LogP contribution in [-0.4, -0.2) is 73.2 Å². The fourth-order valence-electron chi connectivity index (χ4n) is 3.49. The van der Waals surface area contributed by atoms with Gasteiger partial charge in [-0.15, -0.1) is 0 Å². The van der Waals surface area contributed by atoms with Gasteiger partial charge in [-0.2, -0.15) is 0 Å². The topological polar surface area (TPSA) is 44.8 Å². The SMILES string of the molecule is CCOC(=O)C1(N2CCNCC2)CCN(C2CC2)C1. The second-order valence-corrected chi connectivity index (χ2v) is 5.94. The number of likely N-dealkylation sites (tertiary alicyclic amines) is 1. The average Bonchev–Trinajstić information content (AvgIpc) is 3.19. The Morgan fingerprint density at radius 3 is 2.68 bits per heavy atom. The van der Waals surface area contributed by atoms with Crippen LogP contribution in [0.25, 0.3) is 0 Å². The molecule has 0 spiro atoms. The van der Waals surface area contributed by atoms with Gasteiger partial charge in [0.1, 0.15) is 5.54 Å². The smallest absolute Gasteiger partial charge is 0.327 e. The summed E-state index contributed by atoms with van der Waals surface area (Å²) < 4.78 is 5.40. The number of piperazine rings is 1. The zero-order valence-corrected chi connectivity index (χ0v) is 11.9. The molecular formula is C14H25N3O2. The molecule has 1 atom stereocenters. The van der Waals surface area contributed by atoms with Gasteiger partial charge >= 0.3 is 5.97 Å². The molecule has 0 aromatic heterocycles. The minimum atomic E-state index is -0.374. The summed E-state index contributed by atoms with van der Waals surface area (Å²) in [5.74, 6) is 0.0000463. The quantitative estimate of drug-likeness (QED) is 0.730. The normalized spacial score (nSPS) is 33.5. The molecular weight excluding hydrogens is 242 g/mol. The molecule has 3 aliphatic rings. The number of rotatable bonds is 4. The summed E-state index contributed by atoms with van der Waals surface area (Å²) in [6.45, 7) is 8.17. The molecule has 5 nitrogen and oxygen atoms in total. The van der Waals surface area contributed by atoms with Crippen LogP contribution in [0, 0.1) is 0 Å². The summed E-state index contributed by atoms with van der Waals surface area (Å²) in [7, 11) is 0. The number of esters is 1. The lowest BCUT2D eigenvalue weighted by molar-refractivity contribution is -0.158. The molecule has 19 heavy (non-hydrogen) atoms. The van der Waals surface area contributed by atoms with Crippen LogP contribution in [0.5, 0.6) is 0 Å². The highest BCUT2D eigenvalue weighted by Gasteiger charge is 2.52. The van der Waals surface area contributed by atoms with Crippen molar-refractivity contribution in [2.45, 2.75) is 37.8 Å². The van der Waals surface area contributed by atoms with E-state index in [0.717, 1.165) is 51.7 Å². The van der Waals surface area contributed by atoms with Gasteiger partial charge in [0.15, 0.2) is 0 Å². The van der Waals surface area contributed by atoms with Gasteiger partial charge < -0.3 is 10.1 Å².